The van der Waals surface area contributed by atoms with Gasteiger partial charge in [-0.3, -0.25) is 0 Å². The van der Waals surface area contributed by atoms with E-state index in [-0.39, 0.29) is 5.88 Å². The van der Waals surface area contributed by atoms with E-state index in [2.05, 4.69) is 51.2 Å². The van der Waals surface area contributed by atoms with Gasteiger partial charge in [-0.05, 0) is 48.4 Å². The Kier molecular flexibility index (Phi) is 3.72. The number of hydrogen-bond acceptors (Lipinski definition) is 6. The smallest absolute Gasteiger partial charge is 0.218 e. The van der Waals surface area contributed by atoms with Crippen LogP contribution in [0.25, 0.3) is 21.1 Å². The van der Waals surface area contributed by atoms with Crippen molar-refractivity contribution in [2.45, 2.75) is 39.0 Å². The first-order valence-electron chi connectivity index (χ1n) is 9.13. The number of hydrogen-bond donors (Lipinski definition) is 2. The van der Waals surface area contributed by atoms with Crippen LogP contribution in [0, 0.1) is 0 Å². The monoisotopic (exact) mass is 377 g/mol. The number of benzene rings is 1. The number of nitrogens with one attached hydrogen (secondary N) is 1. The lowest BCUT2D eigenvalue weighted by molar-refractivity contribution is 0.459. The third-order valence-electron chi connectivity index (χ3n) is 5.17. The van der Waals surface area contributed by atoms with E-state index < -0.39 is 0 Å². The molecule has 1 aliphatic carbocycles. The normalized spacial score (nSPS) is 14.2. The molecular weight excluding hydrogens is 358 g/mol. The maximum atomic E-state index is 10.3. The van der Waals surface area contributed by atoms with Crippen molar-refractivity contribution in [3.8, 4) is 5.88 Å². The van der Waals surface area contributed by atoms with Crippen LogP contribution in [0.3, 0.4) is 0 Å². The summed E-state index contributed by atoms with van der Waals surface area (Å²) in [6.07, 6.45) is 4.85. The highest BCUT2D eigenvalue weighted by molar-refractivity contribution is 7.19. The second-order valence-corrected chi connectivity index (χ2v) is 8.30. The van der Waals surface area contributed by atoms with Gasteiger partial charge in [0.1, 0.15) is 11.2 Å². The first kappa shape index (κ1) is 16.4. The fourth-order valence-corrected chi connectivity index (χ4v) is 4.95. The minimum Gasteiger partial charge on any atom is -0.493 e. The number of nitrogens with zero attached hydrogens (tertiary/aromatic N) is 4. The molecule has 0 atom stereocenters. The molecule has 0 fully saturated rings. The van der Waals surface area contributed by atoms with Gasteiger partial charge in [0.05, 0.1) is 10.9 Å². The zero-order valence-electron chi connectivity index (χ0n) is 15.2. The predicted molar refractivity (Wildman–Crippen MR) is 108 cm³/mol. The van der Waals surface area contributed by atoms with E-state index in [4.69, 9.17) is 0 Å². The van der Waals surface area contributed by atoms with Crippen molar-refractivity contribution < 1.29 is 5.11 Å². The van der Waals surface area contributed by atoms with Crippen molar-refractivity contribution >= 4 is 44.0 Å². The molecule has 2 N–H and O–H groups in total. The molecule has 0 unspecified atom stereocenters. The van der Waals surface area contributed by atoms with E-state index in [1.54, 1.807) is 11.3 Å². The molecule has 27 heavy (non-hydrogen) atoms. The summed E-state index contributed by atoms with van der Waals surface area (Å²) in [6.45, 7) is 4.28. The van der Waals surface area contributed by atoms with Crippen molar-refractivity contribution in [3.05, 3.63) is 40.5 Å². The van der Waals surface area contributed by atoms with Gasteiger partial charge in [-0.25, -0.2) is 9.97 Å². The molecule has 0 saturated heterocycles. The van der Waals surface area contributed by atoms with Crippen LogP contribution in [0.5, 0.6) is 5.88 Å². The first-order valence-corrected chi connectivity index (χ1v) is 9.95. The van der Waals surface area contributed by atoms with Gasteiger partial charge >= 0.3 is 0 Å². The van der Waals surface area contributed by atoms with Crippen LogP contribution >= 0.6 is 11.3 Å². The highest BCUT2D eigenvalue weighted by Gasteiger charge is 2.21. The molecule has 0 aliphatic heterocycles. The quantitative estimate of drug-likeness (QED) is 0.435. The van der Waals surface area contributed by atoms with Gasteiger partial charge in [-0.2, -0.15) is 0 Å². The van der Waals surface area contributed by atoms with Crippen molar-refractivity contribution in [2.24, 2.45) is 10.2 Å². The second-order valence-electron chi connectivity index (χ2n) is 7.22. The highest BCUT2D eigenvalue weighted by atomic mass is 32.1. The average Bonchev–Trinajstić information content (AvgIpc) is 3.31. The molecule has 4 aromatic rings. The number of aromatic hydroxyl groups is 1. The number of H-pyrrole nitrogens is 1. The number of aromatic amines is 1. The summed E-state index contributed by atoms with van der Waals surface area (Å²) in [6, 6.07) is 6.09. The zero-order valence-corrected chi connectivity index (χ0v) is 16.0. The van der Waals surface area contributed by atoms with Crippen LogP contribution < -0.4 is 0 Å². The Morgan fingerprint density at radius 1 is 1.19 bits per heavy atom. The summed E-state index contributed by atoms with van der Waals surface area (Å²) < 4.78 is 0. The van der Waals surface area contributed by atoms with Gasteiger partial charge in [0.25, 0.3) is 0 Å². The molecule has 0 saturated carbocycles. The standard InChI is InChI=1S/C20H19N5OS/c1-10(2)11-6-7-14-13(8-11)17(19(26)23-14)24-25-18-16-12-4-3-5-15(12)27-20(16)22-9-21-18/h6-10,23,26H,3-5H2,1-2H3. The first-order chi connectivity index (χ1) is 13.1. The third kappa shape index (κ3) is 2.61. The number of fused-ring (bicyclic) bond motifs is 4. The van der Waals surface area contributed by atoms with E-state index >= 15 is 0 Å². The van der Waals surface area contributed by atoms with Crippen LogP contribution in [-0.4, -0.2) is 20.1 Å². The molecule has 3 heterocycles. The van der Waals surface area contributed by atoms with E-state index in [0.29, 0.717) is 17.4 Å². The molecule has 1 aliphatic rings. The Balaban J connectivity index is 1.63. The van der Waals surface area contributed by atoms with E-state index in [0.717, 1.165) is 34.0 Å². The summed E-state index contributed by atoms with van der Waals surface area (Å²) in [5, 5.41) is 21.0. The largest absolute Gasteiger partial charge is 0.493 e. The number of rotatable bonds is 3. The summed E-state index contributed by atoms with van der Waals surface area (Å²) in [7, 11) is 0. The molecule has 3 aromatic heterocycles. The molecule has 0 radical (unpaired) electrons. The van der Waals surface area contributed by atoms with Crippen LogP contribution in [0.1, 0.15) is 42.2 Å². The van der Waals surface area contributed by atoms with Gasteiger partial charge in [0.2, 0.25) is 5.88 Å². The van der Waals surface area contributed by atoms with E-state index in [1.807, 2.05) is 6.07 Å². The Bertz CT molecular complexity index is 1200. The molecule has 0 bridgehead atoms. The molecule has 136 valence electrons. The SMILES string of the molecule is CC(C)c1ccc2[nH]c(O)c(N=Nc3ncnc4sc5c(c34)CCC5)c2c1. The van der Waals surface area contributed by atoms with Crippen LogP contribution in [0.15, 0.2) is 34.8 Å². The lowest BCUT2D eigenvalue weighted by atomic mass is 10.0. The fourth-order valence-electron chi connectivity index (χ4n) is 3.73. The Morgan fingerprint density at radius 2 is 2.07 bits per heavy atom. The van der Waals surface area contributed by atoms with E-state index in [9.17, 15) is 5.11 Å². The van der Waals surface area contributed by atoms with Crippen LogP contribution in [0.2, 0.25) is 0 Å². The van der Waals surface area contributed by atoms with E-state index in [1.165, 1.54) is 28.8 Å². The lowest BCUT2D eigenvalue weighted by Crippen LogP contribution is -1.85. The molecular formula is C20H19N5OS. The minimum atomic E-state index is 0.0236. The lowest BCUT2D eigenvalue weighted by Gasteiger charge is -2.04. The maximum Gasteiger partial charge on any atom is 0.218 e. The molecule has 0 spiro atoms. The minimum absolute atomic E-state index is 0.0236. The summed E-state index contributed by atoms with van der Waals surface area (Å²) in [5.74, 6) is 0.995. The number of thiophene rings is 1. The fraction of sp³-hybridized carbons (Fsp3) is 0.300. The Labute approximate surface area is 160 Å². The molecule has 5 rings (SSSR count). The molecule has 0 amide bonds. The summed E-state index contributed by atoms with van der Waals surface area (Å²) in [5.41, 5.74) is 3.80. The second kappa shape index (κ2) is 6.13. The Hall–Kier alpha value is -2.80. The third-order valence-corrected chi connectivity index (χ3v) is 6.37. The number of aryl methyl sites for hydroxylation is 2. The van der Waals surface area contributed by atoms with Gasteiger partial charge in [0, 0.05) is 10.3 Å². The summed E-state index contributed by atoms with van der Waals surface area (Å²) >= 11 is 1.73. The predicted octanol–water partition coefficient (Wildman–Crippen LogP) is 5.91. The van der Waals surface area contributed by atoms with Crippen molar-refractivity contribution in [2.75, 3.05) is 0 Å². The van der Waals surface area contributed by atoms with Crippen molar-refractivity contribution in [1.29, 1.82) is 0 Å². The van der Waals surface area contributed by atoms with Crippen LogP contribution in [-0.2, 0) is 12.8 Å². The number of azo groups is 1. The van der Waals surface area contributed by atoms with Gasteiger partial charge in [0.15, 0.2) is 11.5 Å². The number of aromatic nitrogens is 3. The topological polar surface area (TPSA) is 86.5 Å². The summed E-state index contributed by atoms with van der Waals surface area (Å²) in [4.78, 5) is 14.1. The Morgan fingerprint density at radius 3 is 2.93 bits per heavy atom. The highest BCUT2D eigenvalue weighted by Crippen LogP contribution is 2.42. The van der Waals surface area contributed by atoms with Gasteiger partial charge in [-0.1, -0.05) is 19.9 Å². The zero-order chi connectivity index (χ0) is 18.5. The molecule has 6 nitrogen and oxygen atoms in total. The van der Waals surface area contributed by atoms with Gasteiger partial charge in [-0.15, -0.1) is 21.6 Å². The maximum absolute atomic E-state index is 10.3. The molecule has 7 heteroatoms. The van der Waals surface area contributed by atoms with Crippen LogP contribution in [0.4, 0.5) is 11.5 Å². The van der Waals surface area contributed by atoms with Crippen molar-refractivity contribution in [1.82, 2.24) is 15.0 Å². The average molecular weight is 377 g/mol. The van der Waals surface area contributed by atoms with Crippen molar-refractivity contribution in [3.63, 3.8) is 0 Å². The van der Waals surface area contributed by atoms with Gasteiger partial charge < -0.3 is 10.1 Å². The molecule has 1 aromatic carbocycles.